The number of nitrogens with one attached hydrogen (secondary N) is 1. The summed E-state index contributed by atoms with van der Waals surface area (Å²) < 4.78 is 5.41. The van der Waals surface area contributed by atoms with Crippen molar-refractivity contribution in [2.45, 2.75) is 6.92 Å². The predicted octanol–water partition coefficient (Wildman–Crippen LogP) is 2.43. The minimum atomic E-state index is -0.192. The van der Waals surface area contributed by atoms with Crippen LogP contribution in [0.1, 0.15) is 15.2 Å². The van der Waals surface area contributed by atoms with E-state index < -0.39 is 0 Å². The molecule has 0 spiro atoms. The van der Waals surface area contributed by atoms with Crippen LogP contribution >= 0.6 is 11.3 Å². The molecular formula is C14H15N3O3S. The fraction of sp³-hybridized carbons (Fsp3) is 0.143. The summed E-state index contributed by atoms with van der Waals surface area (Å²) in [6, 6.07) is 8.87. The minimum absolute atomic E-state index is 0.0507. The third-order valence-corrected chi connectivity index (χ3v) is 3.72. The Morgan fingerprint density at radius 2 is 2.19 bits per heavy atom. The molecule has 0 unspecified atom stereocenters. The Labute approximate surface area is 125 Å². The number of amides is 1. The first-order valence-electron chi connectivity index (χ1n) is 6.15. The van der Waals surface area contributed by atoms with Gasteiger partial charge in [-0.05, 0) is 36.1 Å². The smallest absolute Gasteiger partial charge is 0.266 e. The summed E-state index contributed by atoms with van der Waals surface area (Å²) in [5.41, 5.74) is 6.81. The van der Waals surface area contributed by atoms with Gasteiger partial charge in [-0.25, -0.2) is 0 Å². The number of carbonyl (C=O) groups is 1. The second-order valence-corrected chi connectivity index (χ2v) is 5.18. The third-order valence-electron chi connectivity index (χ3n) is 2.71. The van der Waals surface area contributed by atoms with Crippen LogP contribution in [-0.4, -0.2) is 23.6 Å². The Bertz CT molecular complexity index is 667. The van der Waals surface area contributed by atoms with Crippen molar-refractivity contribution in [2.75, 3.05) is 11.9 Å². The fourth-order valence-electron chi connectivity index (χ4n) is 1.66. The molecule has 1 heterocycles. The molecule has 0 saturated carbocycles. The fourth-order valence-corrected chi connectivity index (χ4v) is 2.48. The lowest BCUT2D eigenvalue weighted by molar-refractivity contribution is 0.102. The van der Waals surface area contributed by atoms with Gasteiger partial charge in [-0.2, -0.15) is 0 Å². The van der Waals surface area contributed by atoms with Gasteiger partial charge in [0.1, 0.15) is 12.4 Å². The van der Waals surface area contributed by atoms with Crippen molar-refractivity contribution in [1.82, 2.24) is 0 Å². The molecular weight excluding hydrogens is 290 g/mol. The topological polar surface area (TPSA) is 96.9 Å². The van der Waals surface area contributed by atoms with Gasteiger partial charge in [-0.15, -0.1) is 11.3 Å². The molecule has 2 rings (SSSR count). The number of amidine groups is 1. The number of anilines is 1. The molecule has 1 aromatic heterocycles. The van der Waals surface area contributed by atoms with Crippen LogP contribution in [0.15, 0.2) is 40.9 Å². The van der Waals surface area contributed by atoms with Gasteiger partial charge in [0.2, 0.25) is 0 Å². The summed E-state index contributed by atoms with van der Waals surface area (Å²) in [5.74, 6) is 0.208. The summed E-state index contributed by atoms with van der Waals surface area (Å²) in [6.07, 6.45) is 0. The zero-order valence-electron chi connectivity index (χ0n) is 11.4. The van der Waals surface area contributed by atoms with E-state index in [0.29, 0.717) is 16.3 Å². The zero-order valence-corrected chi connectivity index (χ0v) is 12.2. The molecule has 0 atom stereocenters. The first-order valence-corrected chi connectivity index (χ1v) is 7.03. The molecule has 0 saturated heterocycles. The number of oxime groups is 1. The molecule has 2 aromatic rings. The second-order valence-electron chi connectivity index (χ2n) is 4.26. The number of rotatable bonds is 5. The summed E-state index contributed by atoms with van der Waals surface area (Å²) >= 11 is 1.38. The van der Waals surface area contributed by atoms with Gasteiger partial charge in [0, 0.05) is 0 Å². The van der Waals surface area contributed by atoms with Crippen LogP contribution in [0.5, 0.6) is 5.75 Å². The Kier molecular flexibility index (Phi) is 4.78. The van der Waals surface area contributed by atoms with Crippen LogP contribution in [0.4, 0.5) is 5.69 Å². The molecule has 0 fully saturated rings. The quantitative estimate of drug-likeness (QED) is 0.342. The zero-order chi connectivity index (χ0) is 15.2. The van der Waals surface area contributed by atoms with Crippen molar-refractivity contribution in [3.63, 3.8) is 0 Å². The Morgan fingerprint density at radius 1 is 1.43 bits per heavy atom. The highest BCUT2D eigenvalue weighted by atomic mass is 32.1. The lowest BCUT2D eigenvalue weighted by Crippen LogP contribution is -2.21. The van der Waals surface area contributed by atoms with Crippen molar-refractivity contribution in [2.24, 2.45) is 10.9 Å². The maximum Gasteiger partial charge on any atom is 0.266 e. The van der Waals surface area contributed by atoms with Gasteiger partial charge >= 0.3 is 0 Å². The van der Waals surface area contributed by atoms with Crippen LogP contribution in [0.2, 0.25) is 0 Å². The van der Waals surface area contributed by atoms with E-state index in [4.69, 9.17) is 15.7 Å². The molecule has 0 aliphatic rings. The summed E-state index contributed by atoms with van der Waals surface area (Å²) in [5, 5.41) is 16.0. The standard InChI is InChI=1S/C14H15N3O3S/c1-9-6-7-21-13(9)14(18)16-10-4-2-3-5-11(10)20-8-12(15)17-19/h2-7,19H,8H2,1H3,(H2,15,17)(H,16,18). The number of aryl methyl sites for hydroxylation is 1. The molecule has 0 radical (unpaired) electrons. The summed E-state index contributed by atoms with van der Waals surface area (Å²) in [4.78, 5) is 12.9. The van der Waals surface area contributed by atoms with Crippen LogP contribution in [-0.2, 0) is 0 Å². The van der Waals surface area contributed by atoms with Crippen molar-refractivity contribution in [1.29, 1.82) is 0 Å². The number of ether oxygens (including phenoxy) is 1. The van der Waals surface area contributed by atoms with E-state index in [0.717, 1.165) is 5.56 Å². The second kappa shape index (κ2) is 6.76. The first kappa shape index (κ1) is 14.9. The molecule has 0 bridgehead atoms. The maximum absolute atomic E-state index is 12.2. The number of para-hydroxylation sites is 2. The average molecular weight is 305 g/mol. The Morgan fingerprint density at radius 3 is 2.86 bits per heavy atom. The van der Waals surface area contributed by atoms with Crippen molar-refractivity contribution in [3.8, 4) is 5.75 Å². The largest absolute Gasteiger partial charge is 0.483 e. The number of carbonyl (C=O) groups excluding carboxylic acids is 1. The predicted molar refractivity (Wildman–Crippen MR) is 82.4 cm³/mol. The number of benzene rings is 1. The van der Waals surface area contributed by atoms with E-state index in [-0.39, 0.29) is 18.3 Å². The Balaban J connectivity index is 2.13. The number of nitrogens with zero attached hydrogens (tertiary/aromatic N) is 1. The summed E-state index contributed by atoms with van der Waals surface area (Å²) in [6.45, 7) is 1.81. The van der Waals surface area contributed by atoms with E-state index >= 15 is 0 Å². The van der Waals surface area contributed by atoms with Crippen LogP contribution < -0.4 is 15.8 Å². The van der Waals surface area contributed by atoms with Gasteiger partial charge < -0.3 is 21.0 Å². The molecule has 110 valence electrons. The monoisotopic (exact) mass is 305 g/mol. The van der Waals surface area contributed by atoms with Gasteiger partial charge in [-0.3, -0.25) is 4.79 Å². The molecule has 0 aliphatic carbocycles. The van der Waals surface area contributed by atoms with Gasteiger partial charge in [0.05, 0.1) is 10.6 Å². The average Bonchev–Trinajstić information content (AvgIpc) is 2.92. The molecule has 0 aliphatic heterocycles. The van der Waals surface area contributed by atoms with Crippen LogP contribution in [0, 0.1) is 6.92 Å². The highest BCUT2D eigenvalue weighted by molar-refractivity contribution is 7.12. The first-order chi connectivity index (χ1) is 10.1. The van der Waals surface area contributed by atoms with E-state index in [9.17, 15) is 4.79 Å². The van der Waals surface area contributed by atoms with Gasteiger partial charge in [-0.1, -0.05) is 17.3 Å². The highest BCUT2D eigenvalue weighted by Crippen LogP contribution is 2.25. The number of hydrogen-bond donors (Lipinski definition) is 3. The van der Waals surface area contributed by atoms with Crippen LogP contribution in [0.3, 0.4) is 0 Å². The number of nitrogens with two attached hydrogens (primary N) is 1. The molecule has 1 amide bonds. The SMILES string of the molecule is Cc1ccsc1C(=O)Nc1ccccc1OC/C(N)=N/O. The molecule has 1 aromatic carbocycles. The van der Waals surface area contributed by atoms with E-state index in [1.54, 1.807) is 24.3 Å². The molecule has 6 nitrogen and oxygen atoms in total. The van der Waals surface area contributed by atoms with E-state index in [2.05, 4.69) is 10.5 Å². The van der Waals surface area contributed by atoms with Crippen molar-refractivity contribution in [3.05, 3.63) is 46.2 Å². The van der Waals surface area contributed by atoms with Crippen molar-refractivity contribution < 1.29 is 14.7 Å². The number of hydrogen-bond acceptors (Lipinski definition) is 5. The summed E-state index contributed by atoms with van der Waals surface area (Å²) in [7, 11) is 0. The maximum atomic E-state index is 12.2. The Hall–Kier alpha value is -2.54. The number of thiophene rings is 1. The molecule has 4 N–H and O–H groups in total. The van der Waals surface area contributed by atoms with E-state index in [1.165, 1.54) is 11.3 Å². The highest BCUT2D eigenvalue weighted by Gasteiger charge is 2.13. The molecule has 7 heteroatoms. The van der Waals surface area contributed by atoms with Crippen molar-refractivity contribution >= 4 is 28.8 Å². The lowest BCUT2D eigenvalue weighted by atomic mass is 10.2. The van der Waals surface area contributed by atoms with Gasteiger partial charge in [0.25, 0.3) is 5.91 Å². The normalized spacial score (nSPS) is 11.2. The van der Waals surface area contributed by atoms with Gasteiger partial charge in [0.15, 0.2) is 5.84 Å². The lowest BCUT2D eigenvalue weighted by Gasteiger charge is -2.11. The third kappa shape index (κ3) is 3.73. The molecule has 21 heavy (non-hydrogen) atoms. The van der Waals surface area contributed by atoms with Crippen LogP contribution in [0.25, 0.3) is 0 Å². The minimum Gasteiger partial charge on any atom is -0.483 e. The van der Waals surface area contributed by atoms with E-state index in [1.807, 2.05) is 18.4 Å².